The molecule has 10 heteroatoms. The average molecular weight is 572 g/mol. The highest BCUT2D eigenvalue weighted by Crippen LogP contribution is 2.32. The molecular formula is C29H34ClN3O5S. The average Bonchev–Trinajstić information content (AvgIpc) is 2.93. The molecule has 0 unspecified atom stereocenters. The standard InChI is InChI=1S/C29H34ClN3O5S/c1-5-17-31-29(35)22(3)32(19-23-9-7-6-8-10-23)28(34)20-33(24-13-16-27(38-4)26(30)18-24)39(36,37)25-14-11-21(2)12-15-25/h6-16,18,22H,5,17,19-20H2,1-4H3,(H,31,35)/t22-/m1/s1. The number of methoxy groups -OCH3 is 1. The quantitative estimate of drug-likeness (QED) is 0.337. The van der Waals surface area contributed by atoms with E-state index in [0.29, 0.717) is 12.3 Å². The van der Waals surface area contributed by atoms with Gasteiger partial charge in [0.25, 0.3) is 10.0 Å². The Morgan fingerprint density at radius 3 is 2.28 bits per heavy atom. The fraction of sp³-hybridized carbons (Fsp3) is 0.310. The fourth-order valence-electron chi connectivity index (χ4n) is 3.94. The van der Waals surface area contributed by atoms with Crippen LogP contribution >= 0.6 is 11.6 Å². The number of hydrogen-bond acceptors (Lipinski definition) is 5. The summed E-state index contributed by atoms with van der Waals surface area (Å²) in [5.41, 5.74) is 1.89. The van der Waals surface area contributed by atoms with E-state index in [1.807, 2.05) is 44.2 Å². The lowest BCUT2D eigenvalue weighted by Gasteiger charge is -2.32. The molecule has 0 aliphatic rings. The summed E-state index contributed by atoms with van der Waals surface area (Å²) in [6.07, 6.45) is 0.742. The van der Waals surface area contributed by atoms with Crippen LogP contribution in [0.5, 0.6) is 5.75 Å². The summed E-state index contributed by atoms with van der Waals surface area (Å²) in [5.74, 6) is -0.492. The molecule has 0 heterocycles. The molecule has 8 nitrogen and oxygen atoms in total. The Balaban J connectivity index is 2.04. The van der Waals surface area contributed by atoms with Crippen molar-refractivity contribution < 1.29 is 22.7 Å². The molecule has 39 heavy (non-hydrogen) atoms. The minimum Gasteiger partial charge on any atom is -0.495 e. The third-order valence-electron chi connectivity index (χ3n) is 6.22. The van der Waals surface area contributed by atoms with E-state index in [9.17, 15) is 18.0 Å². The van der Waals surface area contributed by atoms with Gasteiger partial charge in [-0.25, -0.2) is 8.42 Å². The van der Waals surface area contributed by atoms with E-state index in [4.69, 9.17) is 16.3 Å². The van der Waals surface area contributed by atoms with E-state index in [1.54, 1.807) is 25.1 Å². The lowest BCUT2D eigenvalue weighted by molar-refractivity contribution is -0.139. The van der Waals surface area contributed by atoms with Crippen LogP contribution in [0.1, 0.15) is 31.4 Å². The van der Waals surface area contributed by atoms with Crippen LogP contribution < -0.4 is 14.4 Å². The minimum atomic E-state index is -4.18. The number of carbonyl (C=O) groups excluding carboxylic acids is 2. The Hall–Kier alpha value is -3.56. The number of sulfonamides is 1. The van der Waals surface area contributed by atoms with Crippen molar-refractivity contribution in [3.05, 3.63) is 88.9 Å². The summed E-state index contributed by atoms with van der Waals surface area (Å²) >= 11 is 6.34. The summed E-state index contributed by atoms with van der Waals surface area (Å²) < 4.78 is 34.0. The molecule has 2 amide bonds. The molecule has 0 aliphatic heterocycles. The second kappa shape index (κ2) is 13.5. The number of rotatable bonds is 12. The van der Waals surface area contributed by atoms with Gasteiger partial charge in [0, 0.05) is 13.1 Å². The molecule has 0 fully saturated rings. The molecule has 0 spiro atoms. The molecule has 0 saturated heterocycles. The van der Waals surface area contributed by atoms with E-state index in [0.717, 1.165) is 21.9 Å². The normalized spacial score (nSPS) is 11.9. The number of amides is 2. The molecular weight excluding hydrogens is 538 g/mol. The molecule has 1 N–H and O–H groups in total. The van der Waals surface area contributed by atoms with Crippen molar-refractivity contribution in [2.75, 3.05) is 24.5 Å². The van der Waals surface area contributed by atoms with Gasteiger partial charge >= 0.3 is 0 Å². The predicted octanol–water partition coefficient (Wildman–Crippen LogP) is 4.80. The number of aryl methyl sites for hydroxylation is 1. The zero-order valence-electron chi connectivity index (χ0n) is 22.6. The fourth-order valence-corrected chi connectivity index (χ4v) is 5.59. The van der Waals surface area contributed by atoms with E-state index >= 15 is 0 Å². The van der Waals surface area contributed by atoms with E-state index < -0.39 is 28.5 Å². The molecule has 3 aromatic rings. The van der Waals surface area contributed by atoms with Crippen molar-refractivity contribution >= 4 is 39.1 Å². The van der Waals surface area contributed by atoms with Crippen LogP contribution in [0.15, 0.2) is 77.7 Å². The van der Waals surface area contributed by atoms with Crippen molar-refractivity contribution in [3.8, 4) is 5.75 Å². The summed E-state index contributed by atoms with van der Waals surface area (Å²) in [5, 5.41) is 3.02. The molecule has 0 aromatic heterocycles. The number of ether oxygens (including phenoxy) is 1. The molecule has 0 radical (unpaired) electrons. The van der Waals surface area contributed by atoms with Crippen LogP contribution in [-0.2, 0) is 26.2 Å². The zero-order chi connectivity index (χ0) is 28.6. The van der Waals surface area contributed by atoms with Crippen LogP contribution in [0.25, 0.3) is 0 Å². The van der Waals surface area contributed by atoms with Crippen molar-refractivity contribution in [1.82, 2.24) is 10.2 Å². The van der Waals surface area contributed by atoms with Crippen LogP contribution in [-0.4, -0.2) is 51.4 Å². The number of halogens is 1. The van der Waals surface area contributed by atoms with Gasteiger partial charge in [-0.15, -0.1) is 0 Å². The van der Waals surface area contributed by atoms with Gasteiger partial charge in [-0.3, -0.25) is 13.9 Å². The second-order valence-electron chi connectivity index (χ2n) is 9.12. The Morgan fingerprint density at radius 2 is 1.69 bits per heavy atom. The Kier molecular flexibility index (Phi) is 10.4. The monoisotopic (exact) mass is 571 g/mol. The molecule has 3 aromatic carbocycles. The molecule has 0 bridgehead atoms. The zero-order valence-corrected chi connectivity index (χ0v) is 24.1. The van der Waals surface area contributed by atoms with Crippen LogP contribution in [0, 0.1) is 6.92 Å². The number of carbonyl (C=O) groups is 2. The van der Waals surface area contributed by atoms with Gasteiger partial charge in [0.05, 0.1) is 22.7 Å². The number of hydrogen-bond donors (Lipinski definition) is 1. The summed E-state index contributed by atoms with van der Waals surface area (Å²) in [6.45, 7) is 5.47. The molecule has 208 valence electrons. The van der Waals surface area contributed by atoms with Gasteiger partial charge < -0.3 is 15.0 Å². The minimum absolute atomic E-state index is 0.0242. The third kappa shape index (κ3) is 7.52. The Bertz CT molecular complexity index is 1380. The van der Waals surface area contributed by atoms with Crippen LogP contribution in [0.3, 0.4) is 0 Å². The summed E-state index contributed by atoms with van der Waals surface area (Å²) in [7, 11) is -2.73. The highest BCUT2D eigenvalue weighted by molar-refractivity contribution is 7.92. The van der Waals surface area contributed by atoms with Crippen molar-refractivity contribution in [2.24, 2.45) is 0 Å². The maximum atomic E-state index is 13.9. The van der Waals surface area contributed by atoms with Gasteiger partial charge in [0.2, 0.25) is 11.8 Å². The first kappa shape index (κ1) is 30.0. The van der Waals surface area contributed by atoms with E-state index in [1.165, 1.54) is 36.3 Å². The second-order valence-corrected chi connectivity index (χ2v) is 11.4. The maximum Gasteiger partial charge on any atom is 0.264 e. The van der Waals surface area contributed by atoms with Crippen LogP contribution in [0.2, 0.25) is 5.02 Å². The lowest BCUT2D eigenvalue weighted by atomic mass is 10.1. The van der Waals surface area contributed by atoms with E-state index in [2.05, 4.69) is 5.32 Å². The SMILES string of the molecule is CCCNC(=O)[C@@H](C)N(Cc1ccccc1)C(=O)CN(c1ccc(OC)c(Cl)c1)S(=O)(=O)c1ccc(C)cc1. The van der Waals surface area contributed by atoms with E-state index in [-0.39, 0.29) is 28.1 Å². The topological polar surface area (TPSA) is 96.0 Å². The maximum absolute atomic E-state index is 13.9. The molecule has 3 rings (SSSR count). The molecule has 1 atom stereocenters. The molecule has 0 aliphatic carbocycles. The molecule has 0 saturated carbocycles. The highest BCUT2D eigenvalue weighted by atomic mass is 35.5. The van der Waals surface area contributed by atoms with Crippen molar-refractivity contribution in [1.29, 1.82) is 0 Å². The van der Waals surface area contributed by atoms with Gasteiger partial charge in [-0.05, 0) is 56.2 Å². The first-order valence-electron chi connectivity index (χ1n) is 12.6. The first-order valence-corrected chi connectivity index (χ1v) is 14.4. The lowest BCUT2D eigenvalue weighted by Crippen LogP contribution is -2.51. The number of nitrogens with one attached hydrogen (secondary N) is 1. The van der Waals surface area contributed by atoms with Gasteiger partial charge in [0.1, 0.15) is 18.3 Å². The van der Waals surface area contributed by atoms with Crippen LogP contribution in [0.4, 0.5) is 5.69 Å². The van der Waals surface area contributed by atoms with Crippen molar-refractivity contribution in [3.63, 3.8) is 0 Å². The largest absolute Gasteiger partial charge is 0.495 e. The van der Waals surface area contributed by atoms with Gasteiger partial charge in [-0.2, -0.15) is 0 Å². The predicted molar refractivity (Wildman–Crippen MR) is 153 cm³/mol. The smallest absolute Gasteiger partial charge is 0.264 e. The third-order valence-corrected chi connectivity index (χ3v) is 8.31. The summed E-state index contributed by atoms with van der Waals surface area (Å²) in [4.78, 5) is 28.2. The van der Waals surface area contributed by atoms with Crippen molar-refractivity contribution in [2.45, 2.75) is 44.7 Å². The summed E-state index contributed by atoms with van der Waals surface area (Å²) in [6, 6.07) is 19.3. The number of benzene rings is 3. The van der Waals surface area contributed by atoms with Gasteiger partial charge in [-0.1, -0.05) is 66.6 Å². The van der Waals surface area contributed by atoms with Gasteiger partial charge in [0.15, 0.2) is 0 Å². The number of nitrogens with zero attached hydrogens (tertiary/aromatic N) is 2. The highest BCUT2D eigenvalue weighted by Gasteiger charge is 2.32. The first-order chi connectivity index (χ1) is 18.6. The number of anilines is 1. The Morgan fingerprint density at radius 1 is 1.03 bits per heavy atom. The Labute approximate surface area is 235 Å².